The maximum atomic E-state index is 5.18. The molecule has 1 saturated heterocycles. The summed E-state index contributed by atoms with van der Waals surface area (Å²) >= 11 is 0. The van der Waals surface area contributed by atoms with Crippen LogP contribution in [0.5, 0.6) is 0 Å². The molecule has 0 radical (unpaired) electrons. The highest BCUT2D eigenvalue weighted by Gasteiger charge is 2.29. The minimum atomic E-state index is 0.285. The summed E-state index contributed by atoms with van der Waals surface area (Å²) < 4.78 is 0. The molecule has 3 aromatic heterocycles. The van der Waals surface area contributed by atoms with Gasteiger partial charge in [0.15, 0.2) is 5.82 Å². The van der Waals surface area contributed by atoms with Crippen LogP contribution in [0.2, 0.25) is 0 Å². The third-order valence-electron chi connectivity index (χ3n) is 7.52. The molecule has 3 aliphatic rings. The molecule has 0 spiro atoms. The number of anilines is 2. The van der Waals surface area contributed by atoms with Gasteiger partial charge in [-0.15, -0.1) is 0 Å². The van der Waals surface area contributed by atoms with E-state index >= 15 is 0 Å². The first kappa shape index (κ1) is 20.8. The number of nitrogens with one attached hydrogen (secondary N) is 2. The number of hydrogen-bond acceptors (Lipinski definition) is 7. The SMILES string of the molecule is c1ccc2c(c1)CCC2Nc1cc(-c2nc(N3CCNCC3)c3c(C4CC4)cncc3n2)ccn1. The van der Waals surface area contributed by atoms with E-state index in [9.17, 15) is 0 Å². The fraction of sp³-hybridized carbons (Fsp3) is 0.357. The molecule has 176 valence electrons. The van der Waals surface area contributed by atoms with Crippen LogP contribution in [0.15, 0.2) is 55.0 Å². The van der Waals surface area contributed by atoms with Crippen molar-refractivity contribution in [3.8, 4) is 11.4 Å². The van der Waals surface area contributed by atoms with Gasteiger partial charge in [-0.1, -0.05) is 24.3 Å². The van der Waals surface area contributed by atoms with Crippen LogP contribution in [0, 0.1) is 0 Å². The summed E-state index contributed by atoms with van der Waals surface area (Å²) in [6.45, 7) is 3.83. The topological polar surface area (TPSA) is 78.9 Å². The lowest BCUT2D eigenvalue weighted by molar-refractivity contribution is 0.586. The van der Waals surface area contributed by atoms with Crippen LogP contribution in [0.3, 0.4) is 0 Å². The Labute approximate surface area is 205 Å². The number of pyridine rings is 2. The Morgan fingerprint density at radius 2 is 1.83 bits per heavy atom. The summed E-state index contributed by atoms with van der Waals surface area (Å²) in [6, 6.07) is 13.1. The van der Waals surface area contributed by atoms with Gasteiger partial charge in [-0.05, 0) is 60.4 Å². The molecule has 2 N–H and O–H groups in total. The van der Waals surface area contributed by atoms with Gasteiger partial charge in [0, 0.05) is 49.5 Å². The Morgan fingerprint density at radius 1 is 0.943 bits per heavy atom. The van der Waals surface area contributed by atoms with Gasteiger partial charge in [0.25, 0.3) is 0 Å². The van der Waals surface area contributed by atoms with Crippen molar-refractivity contribution in [3.63, 3.8) is 0 Å². The second kappa shape index (κ2) is 8.57. The van der Waals surface area contributed by atoms with E-state index in [4.69, 9.17) is 9.97 Å². The third-order valence-corrected chi connectivity index (χ3v) is 7.52. The van der Waals surface area contributed by atoms with Crippen molar-refractivity contribution in [1.29, 1.82) is 0 Å². The molecule has 2 fully saturated rings. The fourth-order valence-corrected chi connectivity index (χ4v) is 5.56. The summed E-state index contributed by atoms with van der Waals surface area (Å²) in [5.74, 6) is 3.24. The van der Waals surface area contributed by atoms with Crippen LogP contribution in [-0.2, 0) is 6.42 Å². The molecule has 2 aliphatic carbocycles. The smallest absolute Gasteiger partial charge is 0.162 e. The second-order valence-corrected chi connectivity index (χ2v) is 9.87. The van der Waals surface area contributed by atoms with Crippen LogP contribution < -0.4 is 15.5 Å². The molecule has 7 rings (SSSR count). The molecule has 35 heavy (non-hydrogen) atoms. The highest BCUT2D eigenvalue weighted by atomic mass is 15.2. The van der Waals surface area contributed by atoms with Crippen molar-refractivity contribution >= 4 is 22.5 Å². The van der Waals surface area contributed by atoms with Gasteiger partial charge in [-0.2, -0.15) is 0 Å². The van der Waals surface area contributed by atoms with Crippen molar-refractivity contribution in [3.05, 3.63) is 71.7 Å². The zero-order valence-corrected chi connectivity index (χ0v) is 19.7. The van der Waals surface area contributed by atoms with E-state index in [1.54, 1.807) is 0 Å². The summed E-state index contributed by atoms with van der Waals surface area (Å²) in [6.07, 6.45) is 10.4. The quantitative estimate of drug-likeness (QED) is 0.452. The van der Waals surface area contributed by atoms with Crippen LogP contribution in [-0.4, -0.2) is 46.1 Å². The largest absolute Gasteiger partial charge is 0.363 e. The van der Waals surface area contributed by atoms with E-state index in [0.717, 1.165) is 67.6 Å². The maximum absolute atomic E-state index is 5.18. The number of rotatable bonds is 5. The predicted octanol–water partition coefficient (Wildman–Crippen LogP) is 4.47. The number of piperazine rings is 1. The summed E-state index contributed by atoms with van der Waals surface area (Å²) in [5, 5.41) is 8.30. The van der Waals surface area contributed by atoms with Gasteiger partial charge >= 0.3 is 0 Å². The minimum absolute atomic E-state index is 0.285. The normalized spacial score (nSPS) is 19.7. The lowest BCUT2D eigenvalue weighted by atomic mass is 10.1. The average Bonchev–Trinajstić information content (AvgIpc) is 3.69. The molecule has 0 bridgehead atoms. The number of fused-ring (bicyclic) bond motifs is 2. The zero-order chi connectivity index (χ0) is 23.2. The molecule has 7 nitrogen and oxygen atoms in total. The molecule has 0 amide bonds. The van der Waals surface area contributed by atoms with E-state index in [0.29, 0.717) is 5.92 Å². The van der Waals surface area contributed by atoms with Gasteiger partial charge in [0.05, 0.1) is 17.8 Å². The van der Waals surface area contributed by atoms with Crippen molar-refractivity contribution in [1.82, 2.24) is 25.3 Å². The molecule has 7 heteroatoms. The van der Waals surface area contributed by atoms with E-state index in [1.807, 2.05) is 24.7 Å². The molecule has 1 saturated carbocycles. The van der Waals surface area contributed by atoms with E-state index in [-0.39, 0.29) is 6.04 Å². The van der Waals surface area contributed by atoms with Crippen LogP contribution in [0.25, 0.3) is 22.3 Å². The first-order chi connectivity index (χ1) is 17.3. The maximum Gasteiger partial charge on any atom is 0.162 e. The van der Waals surface area contributed by atoms with Gasteiger partial charge in [-0.3, -0.25) is 4.98 Å². The molecule has 1 atom stereocenters. The molecule has 1 unspecified atom stereocenters. The molecular weight excluding hydrogens is 434 g/mol. The minimum Gasteiger partial charge on any atom is -0.363 e. The van der Waals surface area contributed by atoms with Gasteiger partial charge in [-0.25, -0.2) is 15.0 Å². The van der Waals surface area contributed by atoms with Gasteiger partial charge in [0.1, 0.15) is 11.6 Å². The van der Waals surface area contributed by atoms with Crippen LogP contribution >= 0.6 is 0 Å². The summed E-state index contributed by atoms with van der Waals surface area (Å²) in [4.78, 5) is 21.8. The van der Waals surface area contributed by atoms with E-state index < -0.39 is 0 Å². The lowest BCUT2D eigenvalue weighted by Gasteiger charge is -2.30. The molecular formula is C28H29N7. The number of aryl methyl sites for hydroxylation is 1. The summed E-state index contributed by atoms with van der Waals surface area (Å²) in [7, 11) is 0. The van der Waals surface area contributed by atoms with Gasteiger partial charge < -0.3 is 15.5 Å². The average molecular weight is 464 g/mol. The Bertz CT molecular complexity index is 1390. The fourth-order valence-electron chi connectivity index (χ4n) is 5.56. The zero-order valence-electron chi connectivity index (χ0n) is 19.7. The Balaban J connectivity index is 1.28. The van der Waals surface area contributed by atoms with Crippen LogP contribution in [0.4, 0.5) is 11.6 Å². The van der Waals surface area contributed by atoms with E-state index in [2.05, 4.69) is 55.8 Å². The number of nitrogens with zero attached hydrogens (tertiary/aromatic N) is 5. The van der Waals surface area contributed by atoms with Crippen molar-refractivity contribution < 1.29 is 0 Å². The molecule has 1 aromatic carbocycles. The standard InChI is InChI=1S/C28H29N7/c1-2-4-21-18(3-1)7-8-23(21)32-25-15-20(9-10-31-25)27-33-24-17-30-16-22(19-5-6-19)26(24)28(34-27)35-13-11-29-12-14-35/h1-4,9-10,15-17,19,23,29H,5-8,11-14H2,(H,31,32). The molecule has 1 aliphatic heterocycles. The highest BCUT2D eigenvalue weighted by molar-refractivity contribution is 5.94. The number of benzene rings is 1. The van der Waals surface area contributed by atoms with Crippen LogP contribution in [0.1, 0.15) is 47.9 Å². The Kier molecular flexibility index (Phi) is 5.09. The monoisotopic (exact) mass is 463 g/mol. The van der Waals surface area contributed by atoms with Crippen molar-refractivity contribution in [2.45, 2.75) is 37.6 Å². The second-order valence-electron chi connectivity index (χ2n) is 9.87. The van der Waals surface area contributed by atoms with Gasteiger partial charge in [0.2, 0.25) is 0 Å². The molecule has 4 aromatic rings. The number of aromatic nitrogens is 4. The van der Waals surface area contributed by atoms with Crippen molar-refractivity contribution in [2.24, 2.45) is 0 Å². The summed E-state index contributed by atoms with van der Waals surface area (Å²) in [5.41, 5.74) is 6.02. The Morgan fingerprint density at radius 3 is 2.71 bits per heavy atom. The van der Waals surface area contributed by atoms with E-state index in [1.165, 1.54) is 34.9 Å². The first-order valence-corrected chi connectivity index (χ1v) is 12.8. The predicted molar refractivity (Wildman–Crippen MR) is 139 cm³/mol. The number of hydrogen-bond donors (Lipinski definition) is 2. The first-order valence-electron chi connectivity index (χ1n) is 12.8. The van der Waals surface area contributed by atoms with Crippen molar-refractivity contribution in [2.75, 3.05) is 36.4 Å². The molecule has 4 heterocycles. The highest BCUT2D eigenvalue weighted by Crippen LogP contribution is 2.45. The lowest BCUT2D eigenvalue weighted by Crippen LogP contribution is -2.44. The Hall–Kier alpha value is -3.58. The third kappa shape index (κ3) is 3.90.